The molecule has 0 saturated heterocycles. The second-order valence-electron chi connectivity index (χ2n) is 4.72. The molecule has 1 amide bonds. The Kier molecular flexibility index (Phi) is 4.71. The average Bonchev–Trinajstić information content (AvgIpc) is 2.48. The number of nitrogens with one attached hydrogen (secondary N) is 3. The van der Waals surface area contributed by atoms with Crippen molar-refractivity contribution >= 4 is 17.4 Å². The van der Waals surface area contributed by atoms with E-state index in [2.05, 4.69) is 27.8 Å². The topological polar surface area (TPSA) is 86.9 Å². The number of hydrogen-bond acceptors (Lipinski definition) is 4. The highest BCUT2D eigenvalue weighted by molar-refractivity contribution is 6.04. The Bertz CT molecular complexity index is 674. The highest BCUT2D eigenvalue weighted by Crippen LogP contribution is 2.17. The Hall–Kier alpha value is -2.63. The van der Waals surface area contributed by atoms with Crippen molar-refractivity contribution < 1.29 is 4.79 Å². The lowest BCUT2D eigenvalue weighted by molar-refractivity contribution is 0.102. The molecule has 0 aliphatic heterocycles. The smallest absolute Gasteiger partial charge is 0.264 e. The van der Waals surface area contributed by atoms with Gasteiger partial charge in [0.25, 0.3) is 11.5 Å². The van der Waals surface area contributed by atoms with E-state index in [0.717, 1.165) is 24.2 Å². The van der Waals surface area contributed by atoms with Crippen LogP contribution in [-0.2, 0) is 0 Å². The monoisotopic (exact) mass is 286 g/mol. The third kappa shape index (κ3) is 3.92. The Balaban J connectivity index is 2.10. The minimum absolute atomic E-state index is 0.264. The molecule has 0 unspecified atom stereocenters. The molecule has 0 radical (unpaired) electrons. The molecule has 0 bridgehead atoms. The summed E-state index contributed by atoms with van der Waals surface area (Å²) in [5.41, 5.74) is 2.26. The fourth-order valence-electron chi connectivity index (χ4n) is 1.87. The summed E-state index contributed by atoms with van der Waals surface area (Å²) in [6.45, 7) is 4.95. The van der Waals surface area contributed by atoms with Crippen LogP contribution in [0.2, 0.25) is 0 Å². The van der Waals surface area contributed by atoms with E-state index < -0.39 is 0 Å². The van der Waals surface area contributed by atoms with Gasteiger partial charge in [0.2, 0.25) is 0 Å². The highest BCUT2D eigenvalue weighted by Gasteiger charge is 2.08. The molecule has 2 aromatic rings. The first-order chi connectivity index (χ1) is 10.1. The van der Waals surface area contributed by atoms with Crippen molar-refractivity contribution in [3.63, 3.8) is 0 Å². The summed E-state index contributed by atoms with van der Waals surface area (Å²) in [5.74, 6) is 0.0464. The van der Waals surface area contributed by atoms with Crippen LogP contribution in [0.1, 0.15) is 29.3 Å². The van der Waals surface area contributed by atoms with E-state index in [9.17, 15) is 9.59 Å². The van der Waals surface area contributed by atoms with Gasteiger partial charge in [-0.05, 0) is 43.2 Å². The zero-order valence-electron chi connectivity index (χ0n) is 12.1. The Morgan fingerprint density at radius 1 is 1.29 bits per heavy atom. The standard InChI is InChI=1S/C15H18N4O2/c1-3-8-16-12-5-4-11(9-10(12)2)15(21)17-13-6-7-14(20)19-18-13/h4-7,9,16H,3,8H2,1-2H3,(H,19,20)(H,17,18,21). The van der Waals surface area contributed by atoms with Crippen LogP contribution in [0.5, 0.6) is 0 Å². The molecule has 0 fully saturated rings. The number of anilines is 2. The van der Waals surface area contributed by atoms with Crippen molar-refractivity contribution in [1.82, 2.24) is 10.2 Å². The van der Waals surface area contributed by atoms with Gasteiger partial charge >= 0.3 is 0 Å². The maximum Gasteiger partial charge on any atom is 0.264 e. The first kappa shape index (κ1) is 14.8. The van der Waals surface area contributed by atoms with E-state index in [1.807, 2.05) is 19.1 Å². The van der Waals surface area contributed by atoms with Crippen LogP contribution in [-0.4, -0.2) is 22.6 Å². The van der Waals surface area contributed by atoms with Gasteiger partial charge in [0.15, 0.2) is 5.82 Å². The molecule has 2 rings (SSSR count). The number of rotatable bonds is 5. The van der Waals surface area contributed by atoms with Gasteiger partial charge in [0, 0.05) is 23.9 Å². The molecule has 21 heavy (non-hydrogen) atoms. The van der Waals surface area contributed by atoms with Gasteiger partial charge < -0.3 is 10.6 Å². The fourth-order valence-corrected chi connectivity index (χ4v) is 1.87. The van der Waals surface area contributed by atoms with E-state index in [1.165, 1.54) is 12.1 Å². The molecule has 0 atom stereocenters. The van der Waals surface area contributed by atoms with Gasteiger partial charge in [-0.3, -0.25) is 9.59 Å². The van der Waals surface area contributed by atoms with Crippen LogP contribution in [0.25, 0.3) is 0 Å². The summed E-state index contributed by atoms with van der Waals surface area (Å²) in [5, 5.41) is 11.9. The first-order valence-electron chi connectivity index (χ1n) is 6.81. The number of benzene rings is 1. The molecule has 1 aromatic heterocycles. The van der Waals surface area contributed by atoms with E-state index >= 15 is 0 Å². The number of aryl methyl sites for hydroxylation is 1. The predicted molar refractivity (Wildman–Crippen MR) is 82.8 cm³/mol. The maximum absolute atomic E-state index is 12.1. The first-order valence-corrected chi connectivity index (χ1v) is 6.81. The molecule has 6 heteroatoms. The molecule has 0 aliphatic rings. The van der Waals surface area contributed by atoms with E-state index in [-0.39, 0.29) is 11.5 Å². The van der Waals surface area contributed by atoms with Crippen molar-refractivity contribution in [3.05, 3.63) is 51.8 Å². The lowest BCUT2D eigenvalue weighted by Crippen LogP contribution is -2.16. The summed E-state index contributed by atoms with van der Waals surface area (Å²) in [6.07, 6.45) is 1.04. The lowest BCUT2D eigenvalue weighted by atomic mass is 10.1. The van der Waals surface area contributed by atoms with Crippen molar-refractivity contribution in [2.24, 2.45) is 0 Å². The zero-order valence-corrected chi connectivity index (χ0v) is 12.1. The van der Waals surface area contributed by atoms with Crippen LogP contribution in [0.4, 0.5) is 11.5 Å². The molecule has 6 nitrogen and oxygen atoms in total. The van der Waals surface area contributed by atoms with Crippen LogP contribution < -0.4 is 16.2 Å². The normalized spacial score (nSPS) is 10.2. The van der Waals surface area contributed by atoms with Crippen molar-refractivity contribution in [3.8, 4) is 0 Å². The SMILES string of the molecule is CCCNc1ccc(C(=O)Nc2ccc(=O)[nH]n2)cc1C. The Labute approximate surface area is 122 Å². The second-order valence-corrected chi connectivity index (χ2v) is 4.72. The minimum atomic E-state index is -0.310. The number of aromatic nitrogens is 2. The quantitative estimate of drug-likeness (QED) is 0.786. The lowest BCUT2D eigenvalue weighted by Gasteiger charge is -2.10. The van der Waals surface area contributed by atoms with E-state index in [4.69, 9.17) is 0 Å². The van der Waals surface area contributed by atoms with Gasteiger partial charge in [-0.1, -0.05) is 6.92 Å². The number of hydrogen-bond donors (Lipinski definition) is 3. The van der Waals surface area contributed by atoms with Crippen LogP contribution in [0.15, 0.2) is 35.1 Å². The van der Waals surface area contributed by atoms with Gasteiger partial charge in [-0.15, -0.1) is 0 Å². The highest BCUT2D eigenvalue weighted by atomic mass is 16.2. The average molecular weight is 286 g/mol. The van der Waals surface area contributed by atoms with Crippen molar-refractivity contribution in [1.29, 1.82) is 0 Å². The summed E-state index contributed by atoms with van der Waals surface area (Å²) in [6, 6.07) is 8.23. The molecule has 110 valence electrons. The number of amides is 1. The Morgan fingerprint density at radius 3 is 2.71 bits per heavy atom. The number of aromatic amines is 1. The minimum Gasteiger partial charge on any atom is -0.385 e. The molecular weight excluding hydrogens is 268 g/mol. The molecule has 3 N–H and O–H groups in total. The van der Waals surface area contributed by atoms with Crippen molar-refractivity contribution in [2.45, 2.75) is 20.3 Å². The Morgan fingerprint density at radius 2 is 2.10 bits per heavy atom. The van der Waals surface area contributed by atoms with Crippen molar-refractivity contribution in [2.75, 3.05) is 17.2 Å². The van der Waals surface area contributed by atoms with Gasteiger partial charge in [-0.25, -0.2) is 5.10 Å². The zero-order chi connectivity index (χ0) is 15.2. The van der Waals surface area contributed by atoms with Gasteiger partial charge in [0.05, 0.1) is 0 Å². The summed E-state index contributed by atoms with van der Waals surface area (Å²) in [7, 11) is 0. The molecule has 0 spiro atoms. The fraction of sp³-hybridized carbons (Fsp3) is 0.267. The van der Waals surface area contributed by atoms with E-state index in [1.54, 1.807) is 6.07 Å². The molecule has 0 saturated carbocycles. The van der Waals surface area contributed by atoms with Gasteiger partial charge in [-0.2, -0.15) is 5.10 Å². The van der Waals surface area contributed by atoms with Crippen LogP contribution in [0, 0.1) is 6.92 Å². The summed E-state index contributed by atoms with van der Waals surface area (Å²) >= 11 is 0. The largest absolute Gasteiger partial charge is 0.385 e. The number of carbonyl (C=O) groups excluding carboxylic acids is 1. The molecule has 0 aliphatic carbocycles. The van der Waals surface area contributed by atoms with Gasteiger partial charge in [0.1, 0.15) is 0 Å². The second kappa shape index (κ2) is 6.69. The summed E-state index contributed by atoms with van der Waals surface area (Å²) < 4.78 is 0. The van der Waals surface area contributed by atoms with E-state index in [0.29, 0.717) is 11.4 Å². The third-order valence-corrected chi connectivity index (χ3v) is 2.97. The number of carbonyl (C=O) groups is 1. The van der Waals surface area contributed by atoms with Crippen LogP contribution in [0.3, 0.4) is 0 Å². The summed E-state index contributed by atoms with van der Waals surface area (Å²) in [4.78, 5) is 23.0. The predicted octanol–water partition coefficient (Wildman–Crippen LogP) is 2.15. The third-order valence-electron chi connectivity index (χ3n) is 2.97. The molecule has 1 heterocycles. The maximum atomic E-state index is 12.1. The molecule has 1 aromatic carbocycles. The van der Waals surface area contributed by atoms with Crippen LogP contribution >= 0.6 is 0 Å². The number of nitrogens with zero attached hydrogens (tertiary/aromatic N) is 1. The molecular formula is C15H18N4O2. The number of H-pyrrole nitrogens is 1.